The fourth-order valence-corrected chi connectivity index (χ4v) is 7.98. The van der Waals surface area contributed by atoms with Crippen molar-refractivity contribution >= 4 is 39.2 Å². The predicted octanol–water partition coefficient (Wildman–Crippen LogP) is 8.01. The predicted molar refractivity (Wildman–Crippen MR) is 205 cm³/mol. The zero-order valence-electron chi connectivity index (χ0n) is 31.2. The Balaban J connectivity index is 1.36. The first-order valence-electron chi connectivity index (χ1n) is 18.2. The number of rotatable bonds is 7. The molecule has 0 fully saturated rings. The van der Waals surface area contributed by atoms with Gasteiger partial charge in [0.1, 0.15) is 17.3 Å². The van der Waals surface area contributed by atoms with Gasteiger partial charge in [-0.15, -0.1) is 0 Å². The number of halogens is 2. The summed E-state index contributed by atoms with van der Waals surface area (Å²) in [5.74, 6) is -0.690. The van der Waals surface area contributed by atoms with Crippen molar-refractivity contribution in [1.82, 2.24) is 24.1 Å². The minimum Gasteiger partial charge on any atom is -0.493 e. The summed E-state index contributed by atoms with van der Waals surface area (Å²) >= 11 is 7.11. The first-order chi connectivity index (χ1) is 26.0. The molecule has 4 heterocycles. The van der Waals surface area contributed by atoms with Gasteiger partial charge in [0, 0.05) is 58.8 Å². The van der Waals surface area contributed by atoms with E-state index >= 15 is 0 Å². The van der Waals surface area contributed by atoms with E-state index in [9.17, 15) is 14.3 Å². The lowest BCUT2D eigenvalue weighted by Gasteiger charge is -2.19. The number of hydrogen-bond acceptors (Lipinski definition) is 7. The molecule has 1 aliphatic heterocycles. The summed E-state index contributed by atoms with van der Waals surface area (Å²) < 4.78 is 44.0. The van der Waals surface area contributed by atoms with Crippen LogP contribution < -0.4 is 4.74 Å². The normalized spacial score (nSPS) is 15.4. The molecule has 8 bridgehead atoms. The summed E-state index contributed by atoms with van der Waals surface area (Å²) in [5.41, 5.74) is 7.41. The Morgan fingerprint density at radius 2 is 1.89 bits per heavy atom. The largest absolute Gasteiger partial charge is 0.493 e. The maximum absolute atomic E-state index is 14.4. The van der Waals surface area contributed by atoms with Crippen LogP contribution in [0, 0.1) is 19.7 Å². The highest BCUT2D eigenvalue weighted by Gasteiger charge is 2.29. The molecule has 0 saturated heterocycles. The minimum atomic E-state index is -1.03. The molecule has 3 aromatic carbocycles. The highest BCUT2D eigenvalue weighted by molar-refractivity contribution is 6.35. The molecule has 13 heteroatoms. The van der Waals surface area contributed by atoms with Crippen molar-refractivity contribution in [3.63, 3.8) is 0 Å². The second-order valence-corrected chi connectivity index (χ2v) is 14.2. The lowest BCUT2D eigenvalue weighted by molar-refractivity contribution is 0.0404. The van der Waals surface area contributed by atoms with Gasteiger partial charge in [0.15, 0.2) is 0 Å². The fourth-order valence-electron chi connectivity index (χ4n) is 7.72. The number of carbonyl (C=O) groups is 1. The fraction of sp³-hybridized carbons (Fsp3) is 0.390. The number of aromatic carboxylic acids is 1. The van der Waals surface area contributed by atoms with Crippen molar-refractivity contribution in [2.45, 2.75) is 65.8 Å². The number of carboxylic acid groups (broad SMARTS) is 1. The maximum atomic E-state index is 14.4. The molecule has 6 aromatic rings. The van der Waals surface area contributed by atoms with Crippen LogP contribution in [0.2, 0.25) is 5.02 Å². The third kappa shape index (κ3) is 7.35. The van der Waals surface area contributed by atoms with Crippen molar-refractivity contribution in [2.24, 2.45) is 7.05 Å². The number of methoxy groups -OCH3 is 1. The number of ether oxygens (including phenoxy) is 4. The quantitative estimate of drug-likeness (QED) is 0.163. The van der Waals surface area contributed by atoms with Gasteiger partial charge >= 0.3 is 5.97 Å². The van der Waals surface area contributed by atoms with Gasteiger partial charge in [0.05, 0.1) is 62.8 Å². The number of benzene rings is 3. The van der Waals surface area contributed by atoms with E-state index in [1.165, 1.54) is 12.1 Å². The van der Waals surface area contributed by atoms with Crippen LogP contribution in [-0.4, -0.2) is 68.7 Å². The van der Waals surface area contributed by atoms with E-state index in [1.54, 1.807) is 13.2 Å². The Kier molecular flexibility index (Phi) is 11.1. The van der Waals surface area contributed by atoms with E-state index < -0.39 is 12.1 Å². The van der Waals surface area contributed by atoms with Crippen LogP contribution in [0.3, 0.4) is 0 Å². The van der Waals surface area contributed by atoms with E-state index in [-0.39, 0.29) is 18.1 Å². The molecule has 1 atom stereocenters. The SMILES string of the molecule is COCCOCCn1nc(C)c2c1C(C)OCc1cc(n(C)n1)CCc1cc(c3ccc(F)cc3c1)OCCCn1c(C(=O)O)c(C)c3c-2c(Cl)ccc31. The van der Waals surface area contributed by atoms with Crippen molar-refractivity contribution in [2.75, 3.05) is 33.5 Å². The summed E-state index contributed by atoms with van der Waals surface area (Å²) in [6, 6.07) is 14.5. The molecule has 54 heavy (non-hydrogen) atoms. The van der Waals surface area contributed by atoms with E-state index in [0.717, 1.165) is 55.6 Å². The summed E-state index contributed by atoms with van der Waals surface area (Å²) in [6.45, 7) is 8.48. The topological polar surface area (TPSA) is 115 Å². The van der Waals surface area contributed by atoms with Crippen LogP contribution in [0.15, 0.2) is 48.5 Å². The average Bonchev–Trinajstić information content (AvgIpc) is 3.76. The van der Waals surface area contributed by atoms with Gasteiger partial charge in [0.25, 0.3) is 0 Å². The van der Waals surface area contributed by atoms with Gasteiger partial charge in [-0.25, -0.2) is 9.18 Å². The third-order valence-corrected chi connectivity index (χ3v) is 10.5. The Labute approximate surface area is 318 Å². The number of carboxylic acids is 1. The monoisotopic (exact) mass is 757 g/mol. The Morgan fingerprint density at radius 3 is 2.69 bits per heavy atom. The molecule has 0 saturated carbocycles. The maximum Gasteiger partial charge on any atom is 0.352 e. The lowest BCUT2D eigenvalue weighted by Crippen LogP contribution is -2.15. The molecule has 0 aliphatic carbocycles. The minimum absolute atomic E-state index is 0.187. The Morgan fingerprint density at radius 1 is 1.06 bits per heavy atom. The molecule has 3 aromatic heterocycles. The van der Waals surface area contributed by atoms with E-state index in [4.69, 9.17) is 40.7 Å². The molecule has 7 rings (SSSR count). The van der Waals surface area contributed by atoms with Crippen molar-refractivity contribution in [3.05, 3.63) is 99.0 Å². The van der Waals surface area contributed by atoms with E-state index in [1.807, 2.05) is 66.0 Å². The second kappa shape index (κ2) is 15.9. The lowest BCUT2D eigenvalue weighted by atomic mass is 9.95. The van der Waals surface area contributed by atoms with Gasteiger partial charge < -0.3 is 28.6 Å². The van der Waals surface area contributed by atoms with Gasteiger partial charge in [0.2, 0.25) is 0 Å². The van der Waals surface area contributed by atoms with Crippen LogP contribution in [0.25, 0.3) is 32.8 Å². The zero-order chi connectivity index (χ0) is 38.1. The van der Waals surface area contributed by atoms with Gasteiger partial charge in [-0.3, -0.25) is 9.36 Å². The number of nitrogens with zero attached hydrogens (tertiary/aromatic N) is 5. The van der Waals surface area contributed by atoms with Gasteiger partial charge in [-0.2, -0.15) is 10.2 Å². The Hall–Kier alpha value is -4.75. The molecule has 1 N–H and O–H groups in total. The van der Waals surface area contributed by atoms with Gasteiger partial charge in [-0.1, -0.05) is 17.7 Å². The van der Waals surface area contributed by atoms with Crippen molar-refractivity contribution in [3.8, 4) is 16.9 Å². The standard InChI is InChI=1S/C41H45ClFN5O6/c1-24-36-34-12-11-33(42)38(36)37-25(2)44-48(14-16-52-18-17-51-5)40(37)26(3)54-23-30-22-31(46(4)45-30)9-7-27-19-28-21-29(43)8-10-32(28)35(20-27)53-15-6-13-47(34)39(24)41(49)50/h8,10-12,19-22,26H,6-7,9,13-18,23H2,1-5H3,(H,49,50). The smallest absolute Gasteiger partial charge is 0.352 e. The van der Waals surface area contributed by atoms with Crippen LogP contribution in [0.5, 0.6) is 5.75 Å². The summed E-state index contributed by atoms with van der Waals surface area (Å²) in [4.78, 5) is 12.9. The van der Waals surface area contributed by atoms with E-state index in [0.29, 0.717) is 80.7 Å². The molecule has 1 unspecified atom stereocenters. The molecular weight excluding hydrogens is 713 g/mol. The van der Waals surface area contributed by atoms with Crippen molar-refractivity contribution in [1.29, 1.82) is 0 Å². The zero-order valence-corrected chi connectivity index (χ0v) is 32.0. The average molecular weight is 758 g/mol. The van der Waals surface area contributed by atoms with E-state index in [2.05, 4.69) is 6.07 Å². The first-order valence-corrected chi connectivity index (χ1v) is 18.6. The molecule has 1 aliphatic rings. The molecular formula is C41H45ClFN5O6. The number of hydrogen-bond donors (Lipinski definition) is 1. The number of fused-ring (bicyclic) bond motifs is 8. The first kappa shape index (κ1) is 37.6. The summed E-state index contributed by atoms with van der Waals surface area (Å²) in [5, 5.41) is 23.1. The number of aryl methyl sites for hydroxylation is 6. The molecule has 0 spiro atoms. The van der Waals surface area contributed by atoms with Gasteiger partial charge in [-0.05, 0) is 99.0 Å². The van der Waals surface area contributed by atoms with Crippen LogP contribution in [-0.2, 0) is 53.8 Å². The van der Waals surface area contributed by atoms with Crippen LogP contribution in [0.4, 0.5) is 4.39 Å². The second-order valence-electron chi connectivity index (χ2n) is 13.8. The molecule has 11 nitrogen and oxygen atoms in total. The van der Waals surface area contributed by atoms with Crippen molar-refractivity contribution < 1.29 is 33.2 Å². The molecule has 0 radical (unpaired) electrons. The number of aromatic nitrogens is 5. The van der Waals surface area contributed by atoms with Crippen LogP contribution >= 0.6 is 11.6 Å². The molecule has 284 valence electrons. The third-order valence-electron chi connectivity index (χ3n) is 10.2. The highest BCUT2D eigenvalue weighted by Crippen LogP contribution is 2.44. The highest BCUT2D eigenvalue weighted by atomic mass is 35.5. The summed E-state index contributed by atoms with van der Waals surface area (Å²) in [7, 11) is 3.56. The van der Waals surface area contributed by atoms with Crippen LogP contribution in [0.1, 0.15) is 63.8 Å². The molecule has 0 amide bonds. The summed E-state index contributed by atoms with van der Waals surface area (Å²) in [6.07, 6.45) is 1.45. The Bertz CT molecular complexity index is 2350.